The molecular formula is C18H22BrNO5S. The minimum Gasteiger partial charge on any atom is -0.452 e. The van der Waals surface area contributed by atoms with Gasteiger partial charge in [0.05, 0.1) is 17.1 Å². The topological polar surface area (TPSA) is 80.8 Å². The summed E-state index contributed by atoms with van der Waals surface area (Å²) < 4.78 is 29.7. The molecule has 1 saturated heterocycles. The van der Waals surface area contributed by atoms with Crippen LogP contribution in [0.15, 0.2) is 28.7 Å². The van der Waals surface area contributed by atoms with Crippen LogP contribution in [0, 0.1) is 0 Å². The molecule has 1 atom stereocenters. The van der Waals surface area contributed by atoms with Gasteiger partial charge in [-0.05, 0) is 43.5 Å². The minimum absolute atomic E-state index is 0.00982. The number of halogens is 1. The summed E-state index contributed by atoms with van der Waals surface area (Å²) in [5.41, 5.74) is 0.372. The normalized spacial score (nSPS) is 22.3. The number of esters is 1. The zero-order chi connectivity index (χ0) is 18.7. The number of sulfone groups is 1. The quantitative estimate of drug-likeness (QED) is 0.653. The van der Waals surface area contributed by atoms with Gasteiger partial charge in [-0.2, -0.15) is 0 Å². The first-order valence-electron chi connectivity index (χ1n) is 8.80. The van der Waals surface area contributed by atoms with Crippen LogP contribution >= 0.6 is 15.9 Å². The first-order chi connectivity index (χ1) is 12.4. The van der Waals surface area contributed by atoms with E-state index in [9.17, 15) is 18.0 Å². The Bertz CT molecular complexity index is 771. The second-order valence-electron chi connectivity index (χ2n) is 6.88. The second kappa shape index (κ2) is 8.08. The second-order valence-corrected chi connectivity index (χ2v) is 10.0. The number of carbonyl (C=O) groups is 2. The molecule has 1 amide bonds. The Morgan fingerprint density at radius 2 is 1.73 bits per heavy atom. The van der Waals surface area contributed by atoms with E-state index in [1.54, 1.807) is 29.2 Å². The molecule has 26 heavy (non-hydrogen) atoms. The number of amides is 1. The molecule has 1 aromatic rings. The molecule has 1 aromatic carbocycles. The molecule has 2 aliphatic rings. The maximum absolute atomic E-state index is 12.8. The Hall–Kier alpha value is -1.41. The van der Waals surface area contributed by atoms with Crippen LogP contribution in [0.1, 0.15) is 42.5 Å². The van der Waals surface area contributed by atoms with E-state index in [1.165, 1.54) is 0 Å². The van der Waals surface area contributed by atoms with Crippen LogP contribution in [0.5, 0.6) is 0 Å². The Kier molecular flexibility index (Phi) is 6.02. The molecule has 1 heterocycles. The van der Waals surface area contributed by atoms with E-state index in [0.717, 1.165) is 30.2 Å². The summed E-state index contributed by atoms with van der Waals surface area (Å²) in [6, 6.07) is 6.44. The van der Waals surface area contributed by atoms with Crippen molar-refractivity contribution in [3.8, 4) is 0 Å². The summed E-state index contributed by atoms with van der Waals surface area (Å²) >= 11 is 3.30. The van der Waals surface area contributed by atoms with Crippen molar-refractivity contribution >= 4 is 37.6 Å². The van der Waals surface area contributed by atoms with E-state index in [4.69, 9.17) is 4.74 Å². The van der Waals surface area contributed by atoms with Crippen molar-refractivity contribution < 1.29 is 22.7 Å². The third-order valence-corrected chi connectivity index (χ3v) is 7.29. The average molecular weight is 444 g/mol. The SMILES string of the molecule is O=C(OCC(=O)N(C1CCCC1)C1CCS(=O)(=O)C1)c1ccc(Br)cc1. The van der Waals surface area contributed by atoms with Crippen LogP contribution < -0.4 is 0 Å². The lowest BCUT2D eigenvalue weighted by atomic mass is 10.1. The van der Waals surface area contributed by atoms with Gasteiger partial charge in [0.2, 0.25) is 0 Å². The van der Waals surface area contributed by atoms with E-state index < -0.39 is 15.8 Å². The molecular weight excluding hydrogens is 422 g/mol. The number of hydrogen-bond acceptors (Lipinski definition) is 5. The van der Waals surface area contributed by atoms with Crippen LogP contribution in [0.25, 0.3) is 0 Å². The standard InChI is InChI=1S/C18H22BrNO5S/c19-14-7-5-13(6-8-14)18(22)25-11-17(21)20(15-3-1-2-4-15)16-9-10-26(23,24)12-16/h5-8,15-16H,1-4,9-12H2. The highest BCUT2D eigenvalue weighted by Gasteiger charge is 2.39. The minimum atomic E-state index is -3.09. The predicted molar refractivity (Wildman–Crippen MR) is 101 cm³/mol. The molecule has 0 N–H and O–H groups in total. The third kappa shape index (κ3) is 4.65. The Morgan fingerprint density at radius 3 is 2.31 bits per heavy atom. The van der Waals surface area contributed by atoms with Gasteiger partial charge in [-0.3, -0.25) is 4.79 Å². The van der Waals surface area contributed by atoms with Gasteiger partial charge in [0, 0.05) is 16.6 Å². The van der Waals surface area contributed by atoms with Crippen LogP contribution in [0.2, 0.25) is 0 Å². The van der Waals surface area contributed by atoms with Crippen molar-refractivity contribution in [2.24, 2.45) is 0 Å². The molecule has 6 nitrogen and oxygen atoms in total. The van der Waals surface area contributed by atoms with Gasteiger partial charge in [-0.15, -0.1) is 0 Å². The molecule has 1 unspecified atom stereocenters. The summed E-state index contributed by atoms with van der Waals surface area (Å²) in [6.07, 6.45) is 4.29. The maximum Gasteiger partial charge on any atom is 0.338 e. The number of rotatable bonds is 5. The Labute approximate surface area is 161 Å². The highest BCUT2D eigenvalue weighted by Crippen LogP contribution is 2.29. The van der Waals surface area contributed by atoms with Crippen LogP contribution in [-0.4, -0.2) is 55.4 Å². The Morgan fingerprint density at radius 1 is 1.08 bits per heavy atom. The summed E-state index contributed by atoms with van der Waals surface area (Å²) in [6.45, 7) is -0.359. The molecule has 3 rings (SSSR count). The first kappa shape index (κ1) is 19.4. The van der Waals surface area contributed by atoms with E-state index in [-0.39, 0.29) is 36.1 Å². The zero-order valence-electron chi connectivity index (χ0n) is 14.4. The molecule has 0 spiro atoms. The monoisotopic (exact) mass is 443 g/mol. The molecule has 142 valence electrons. The van der Waals surface area contributed by atoms with Gasteiger partial charge in [-0.25, -0.2) is 13.2 Å². The Balaban J connectivity index is 1.65. The lowest BCUT2D eigenvalue weighted by molar-refractivity contribution is -0.139. The fourth-order valence-corrected chi connectivity index (χ4v) is 5.73. The predicted octanol–water partition coefficient (Wildman–Crippen LogP) is 2.56. The smallest absolute Gasteiger partial charge is 0.338 e. The van der Waals surface area contributed by atoms with E-state index >= 15 is 0 Å². The van der Waals surface area contributed by atoms with Crippen molar-refractivity contribution in [3.05, 3.63) is 34.3 Å². The molecule has 0 aromatic heterocycles. The number of carbonyl (C=O) groups excluding carboxylic acids is 2. The van der Waals surface area contributed by atoms with Crippen molar-refractivity contribution in [3.63, 3.8) is 0 Å². The van der Waals surface area contributed by atoms with Crippen molar-refractivity contribution in [1.29, 1.82) is 0 Å². The lowest BCUT2D eigenvalue weighted by Gasteiger charge is -2.33. The first-order valence-corrected chi connectivity index (χ1v) is 11.4. The molecule has 2 fully saturated rings. The van der Waals surface area contributed by atoms with Crippen LogP contribution in [-0.2, 0) is 19.4 Å². The average Bonchev–Trinajstić information content (AvgIpc) is 3.24. The molecule has 1 saturated carbocycles. The van der Waals surface area contributed by atoms with E-state index in [1.807, 2.05) is 0 Å². The molecule has 0 bridgehead atoms. The summed E-state index contributed by atoms with van der Waals surface area (Å²) in [5.74, 6) is -0.733. The van der Waals surface area contributed by atoms with Gasteiger partial charge in [0.25, 0.3) is 5.91 Å². The molecule has 1 aliphatic heterocycles. The number of benzene rings is 1. The third-order valence-electron chi connectivity index (χ3n) is 5.01. The van der Waals surface area contributed by atoms with E-state index in [0.29, 0.717) is 12.0 Å². The lowest BCUT2D eigenvalue weighted by Crippen LogP contribution is -2.48. The number of hydrogen-bond donors (Lipinski definition) is 0. The summed E-state index contributed by atoms with van der Waals surface area (Å²) in [4.78, 5) is 26.6. The van der Waals surface area contributed by atoms with Crippen molar-refractivity contribution in [2.45, 2.75) is 44.2 Å². The molecule has 0 radical (unpaired) electrons. The zero-order valence-corrected chi connectivity index (χ0v) is 16.8. The fraction of sp³-hybridized carbons (Fsp3) is 0.556. The molecule has 8 heteroatoms. The summed E-state index contributed by atoms with van der Waals surface area (Å²) in [7, 11) is -3.09. The van der Waals surface area contributed by atoms with Crippen molar-refractivity contribution in [2.75, 3.05) is 18.1 Å². The number of nitrogens with zero attached hydrogens (tertiary/aromatic N) is 1. The maximum atomic E-state index is 12.8. The van der Waals surface area contributed by atoms with Gasteiger partial charge >= 0.3 is 5.97 Å². The van der Waals surface area contributed by atoms with Gasteiger partial charge in [0.1, 0.15) is 0 Å². The highest BCUT2D eigenvalue weighted by molar-refractivity contribution is 9.10. The van der Waals surface area contributed by atoms with Gasteiger partial charge < -0.3 is 9.64 Å². The van der Waals surface area contributed by atoms with Crippen LogP contribution in [0.3, 0.4) is 0 Å². The molecule has 1 aliphatic carbocycles. The largest absolute Gasteiger partial charge is 0.452 e. The van der Waals surface area contributed by atoms with Crippen molar-refractivity contribution in [1.82, 2.24) is 4.90 Å². The van der Waals surface area contributed by atoms with Gasteiger partial charge in [0.15, 0.2) is 16.4 Å². The van der Waals surface area contributed by atoms with E-state index in [2.05, 4.69) is 15.9 Å². The highest BCUT2D eigenvalue weighted by atomic mass is 79.9. The van der Waals surface area contributed by atoms with Crippen LogP contribution in [0.4, 0.5) is 0 Å². The summed E-state index contributed by atoms with van der Waals surface area (Å²) in [5, 5.41) is 0. The fourth-order valence-electron chi connectivity index (χ4n) is 3.75. The van der Waals surface area contributed by atoms with Gasteiger partial charge in [-0.1, -0.05) is 28.8 Å². The number of ether oxygens (including phenoxy) is 1.